The zero-order valence-electron chi connectivity index (χ0n) is 17.4. The second-order valence-corrected chi connectivity index (χ2v) is 12.1. The highest BCUT2D eigenvalue weighted by Crippen LogP contribution is 2.61. The van der Waals surface area contributed by atoms with Gasteiger partial charge >= 0.3 is 11.8 Å². The van der Waals surface area contributed by atoms with E-state index >= 15 is 17.6 Å². The Labute approximate surface area is 198 Å². The molecule has 0 unspecified atom stereocenters. The monoisotopic (exact) mass is 498 g/mol. The van der Waals surface area contributed by atoms with E-state index in [-0.39, 0.29) is 33.4 Å². The molecule has 3 aromatic heterocycles. The van der Waals surface area contributed by atoms with Crippen LogP contribution in [0.2, 0.25) is 0 Å². The Bertz CT molecular complexity index is 1650. The molecule has 3 heterocycles. The summed E-state index contributed by atoms with van der Waals surface area (Å²) >= 11 is 4.05. The van der Waals surface area contributed by atoms with Crippen molar-refractivity contribution in [2.75, 3.05) is 0 Å². The van der Waals surface area contributed by atoms with E-state index in [1.807, 2.05) is 25.1 Å². The first-order valence-corrected chi connectivity index (χ1v) is 12.8. The van der Waals surface area contributed by atoms with Crippen LogP contribution in [0.4, 0.5) is 17.6 Å². The molecule has 0 spiro atoms. The number of halogens is 4. The van der Waals surface area contributed by atoms with E-state index in [1.165, 1.54) is 40.9 Å². The lowest BCUT2D eigenvalue weighted by molar-refractivity contribution is 0.0453. The van der Waals surface area contributed by atoms with Gasteiger partial charge in [0, 0.05) is 62.5 Å². The van der Waals surface area contributed by atoms with Crippen LogP contribution in [-0.2, 0) is 11.8 Å². The molecule has 2 aliphatic rings. The third kappa shape index (κ3) is 2.50. The Morgan fingerprint density at radius 2 is 1.21 bits per heavy atom. The van der Waals surface area contributed by atoms with Crippen LogP contribution in [0.25, 0.3) is 40.7 Å². The molecule has 0 saturated carbocycles. The zero-order chi connectivity index (χ0) is 22.9. The Hall–Kier alpha value is -2.48. The summed E-state index contributed by atoms with van der Waals surface area (Å²) in [4.78, 5) is 3.20. The summed E-state index contributed by atoms with van der Waals surface area (Å²) in [6.45, 7) is 3.78. The Morgan fingerprint density at radius 3 is 1.91 bits per heavy atom. The van der Waals surface area contributed by atoms with Crippen molar-refractivity contribution in [3.05, 3.63) is 81.2 Å². The summed E-state index contributed by atoms with van der Waals surface area (Å²) in [6.07, 6.45) is 0. The van der Waals surface area contributed by atoms with Crippen molar-refractivity contribution >= 4 is 44.1 Å². The van der Waals surface area contributed by atoms with Gasteiger partial charge in [0.05, 0.1) is 0 Å². The highest BCUT2D eigenvalue weighted by Gasteiger charge is 2.51. The van der Waals surface area contributed by atoms with Gasteiger partial charge in [-0.25, -0.2) is 0 Å². The van der Waals surface area contributed by atoms with Crippen molar-refractivity contribution in [1.29, 1.82) is 0 Å². The molecule has 7 rings (SSSR count). The van der Waals surface area contributed by atoms with E-state index in [0.717, 1.165) is 30.3 Å². The molecule has 0 amide bonds. The standard InChI is InChI=1S/C26H14F4S3/c1-11-3-4-20-13(5-11)7-21(32-20)22-10-19-24(33-22)15-9-16-14(8-17(15)26(19,29)30)23-18(25(16,27)28)6-12(2)31-23/h3-10H,1-2H3. The van der Waals surface area contributed by atoms with Gasteiger partial charge in [-0.2, -0.15) is 17.6 Å². The van der Waals surface area contributed by atoms with Crippen LogP contribution in [-0.4, -0.2) is 0 Å². The number of hydrogen-bond donors (Lipinski definition) is 0. The fourth-order valence-corrected chi connectivity index (χ4v) is 8.37. The van der Waals surface area contributed by atoms with Crippen molar-refractivity contribution in [1.82, 2.24) is 0 Å². The summed E-state index contributed by atoms with van der Waals surface area (Å²) in [5.41, 5.74) is 1.12. The summed E-state index contributed by atoms with van der Waals surface area (Å²) in [6, 6.07) is 13.8. The van der Waals surface area contributed by atoms with E-state index in [0.29, 0.717) is 9.75 Å². The number of aryl methyl sites for hydroxylation is 2. The number of alkyl halides is 4. The van der Waals surface area contributed by atoms with Crippen molar-refractivity contribution in [2.24, 2.45) is 0 Å². The van der Waals surface area contributed by atoms with Crippen molar-refractivity contribution < 1.29 is 17.6 Å². The first-order valence-electron chi connectivity index (χ1n) is 10.4. The number of hydrogen-bond acceptors (Lipinski definition) is 3. The molecular formula is C26H14F4S3. The van der Waals surface area contributed by atoms with Crippen molar-refractivity contribution in [3.8, 4) is 30.6 Å². The fraction of sp³-hybridized carbons (Fsp3) is 0.154. The predicted molar refractivity (Wildman–Crippen MR) is 129 cm³/mol. The number of benzene rings is 2. The fourth-order valence-electron chi connectivity index (χ4n) is 4.96. The highest BCUT2D eigenvalue weighted by molar-refractivity contribution is 7.27. The molecule has 164 valence electrons. The van der Waals surface area contributed by atoms with Crippen molar-refractivity contribution in [2.45, 2.75) is 25.7 Å². The van der Waals surface area contributed by atoms with Gasteiger partial charge in [0.1, 0.15) is 0 Å². The molecule has 0 radical (unpaired) electrons. The number of rotatable bonds is 1. The van der Waals surface area contributed by atoms with Crippen molar-refractivity contribution in [3.63, 3.8) is 0 Å². The van der Waals surface area contributed by atoms with E-state index in [4.69, 9.17) is 0 Å². The zero-order valence-corrected chi connectivity index (χ0v) is 19.8. The Balaban J connectivity index is 1.42. The summed E-state index contributed by atoms with van der Waals surface area (Å²) in [5, 5.41) is 1.08. The van der Waals surface area contributed by atoms with Gasteiger partial charge in [-0.15, -0.1) is 34.0 Å². The molecule has 5 aromatic rings. The predicted octanol–water partition coefficient (Wildman–Crippen LogP) is 9.55. The lowest BCUT2D eigenvalue weighted by atomic mass is 9.99. The Morgan fingerprint density at radius 1 is 0.606 bits per heavy atom. The van der Waals surface area contributed by atoms with Crippen LogP contribution < -0.4 is 0 Å². The van der Waals surface area contributed by atoms with Crippen LogP contribution in [0.5, 0.6) is 0 Å². The van der Waals surface area contributed by atoms with E-state index in [2.05, 4.69) is 6.07 Å². The maximum absolute atomic E-state index is 15.6. The average molecular weight is 499 g/mol. The molecule has 0 N–H and O–H groups in total. The summed E-state index contributed by atoms with van der Waals surface area (Å²) in [5.74, 6) is -6.39. The maximum atomic E-state index is 15.6. The second-order valence-electron chi connectivity index (χ2n) is 8.70. The summed E-state index contributed by atoms with van der Waals surface area (Å²) in [7, 11) is 0. The van der Waals surface area contributed by atoms with E-state index < -0.39 is 11.8 Å². The van der Waals surface area contributed by atoms with Crippen LogP contribution in [0.15, 0.2) is 48.5 Å². The molecule has 0 aliphatic heterocycles. The first kappa shape index (κ1) is 19.9. The smallest absolute Gasteiger partial charge is 0.196 e. The van der Waals surface area contributed by atoms with Gasteiger partial charge in [-0.3, -0.25) is 0 Å². The minimum atomic E-state index is -3.22. The first-order chi connectivity index (χ1) is 15.6. The number of fused-ring (bicyclic) bond motifs is 7. The number of thiophene rings is 3. The summed E-state index contributed by atoms with van der Waals surface area (Å²) < 4.78 is 62.7. The molecule has 0 saturated heterocycles. The quantitative estimate of drug-likeness (QED) is 0.202. The lowest BCUT2D eigenvalue weighted by Crippen LogP contribution is -2.13. The average Bonchev–Trinajstić information content (AvgIpc) is 3.52. The van der Waals surface area contributed by atoms with Gasteiger partial charge in [-0.1, -0.05) is 17.7 Å². The minimum absolute atomic E-state index is 0.0698. The second kappa shape index (κ2) is 6.14. The van der Waals surface area contributed by atoms with E-state index in [1.54, 1.807) is 24.3 Å². The van der Waals surface area contributed by atoms with Gasteiger partial charge in [0.15, 0.2) is 0 Å². The molecule has 0 nitrogen and oxygen atoms in total. The maximum Gasteiger partial charge on any atom is 0.300 e. The molecule has 7 heteroatoms. The van der Waals surface area contributed by atoms with Gasteiger partial charge < -0.3 is 0 Å². The van der Waals surface area contributed by atoms with Crippen LogP contribution in [0.3, 0.4) is 0 Å². The molecule has 2 aromatic carbocycles. The molecule has 33 heavy (non-hydrogen) atoms. The van der Waals surface area contributed by atoms with E-state index in [9.17, 15) is 0 Å². The molecule has 0 atom stereocenters. The minimum Gasteiger partial charge on any atom is -0.196 e. The van der Waals surface area contributed by atoms with Crippen LogP contribution in [0.1, 0.15) is 32.7 Å². The largest absolute Gasteiger partial charge is 0.300 e. The topological polar surface area (TPSA) is 0 Å². The lowest BCUT2D eigenvalue weighted by Gasteiger charge is -2.15. The third-order valence-corrected chi connectivity index (χ3v) is 10.1. The molecular weight excluding hydrogens is 484 g/mol. The highest BCUT2D eigenvalue weighted by atomic mass is 32.1. The molecule has 0 bridgehead atoms. The molecule has 0 fully saturated rings. The van der Waals surface area contributed by atoms with Gasteiger partial charge in [-0.05, 0) is 55.6 Å². The van der Waals surface area contributed by atoms with Crippen LogP contribution >= 0.6 is 34.0 Å². The SMILES string of the molecule is Cc1ccc2sc(-c3cc4c(s3)-c3cc5c(cc3C4(F)F)-c3sc(C)cc3C5(F)F)cc2c1. The van der Waals surface area contributed by atoms with Crippen LogP contribution in [0, 0.1) is 13.8 Å². The third-order valence-electron chi connectivity index (χ3n) is 6.50. The van der Waals surface area contributed by atoms with Gasteiger partial charge in [0.2, 0.25) is 0 Å². The van der Waals surface area contributed by atoms with Gasteiger partial charge in [0.25, 0.3) is 0 Å². The normalized spacial score (nSPS) is 16.7. The Kier molecular flexibility index (Phi) is 3.71. The molecule has 2 aliphatic carbocycles.